The number of rotatable bonds is 11. The number of benzene rings is 1. The fraction of sp³-hybridized carbons (Fsp3) is 0.588. The molecule has 0 spiro atoms. The molecule has 0 aliphatic heterocycles. The predicted octanol–water partition coefficient (Wildman–Crippen LogP) is 3.59. The van der Waals surface area contributed by atoms with E-state index in [1.807, 2.05) is 12.1 Å². The summed E-state index contributed by atoms with van der Waals surface area (Å²) in [6.07, 6.45) is 3.81. The number of alkyl halides is 1. The maximum atomic E-state index is 12.1. The molecule has 0 unspecified atom stereocenters. The number of methoxy groups -OCH3 is 2. The Labute approximate surface area is 136 Å². The van der Waals surface area contributed by atoms with E-state index in [0.717, 1.165) is 48.3 Å². The van der Waals surface area contributed by atoms with Crippen molar-refractivity contribution >= 4 is 6.09 Å². The third-order valence-electron chi connectivity index (χ3n) is 3.68. The van der Waals surface area contributed by atoms with Gasteiger partial charge in [0.25, 0.3) is 0 Å². The van der Waals surface area contributed by atoms with Crippen molar-refractivity contribution in [1.29, 1.82) is 0 Å². The van der Waals surface area contributed by atoms with Crippen LogP contribution in [-0.4, -0.2) is 38.6 Å². The number of unbranched alkanes of at least 4 members (excludes halogenated alkanes) is 3. The average molecular weight is 327 g/mol. The Bertz CT molecular complexity index is 494. The van der Waals surface area contributed by atoms with Crippen molar-refractivity contribution in [2.75, 3.05) is 27.4 Å². The van der Waals surface area contributed by atoms with Crippen molar-refractivity contribution in [2.45, 2.75) is 38.5 Å². The molecule has 1 amide bonds. The Balaban J connectivity index is 2.73. The smallest absolute Gasteiger partial charge is 0.404 e. The zero-order chi connectivity index (χ0) is 17.1. The van der Waals surface area contributed by atoms with Crippen LogP contribution in [0, 0.1) is 0 Å². The molecule has 23 heavy (non-hydrogen) atoms. The van der Waals surface area contributed by atoms with Crippen LogP contribution in [0.2, 0.25) is 0 Å². The van der Waals surface area contributed by atoms with Gasteiger partial charge in [0, 0.05) is 6.54 Å². The van der Waals surface area contributed by atoms with Gasteiger partial charge in [0.2, 0.25) is 0 Å². The molecular weight excluding hydrogens is 301 g/mol. The van der Waals surface area contributed by atoms with Crippen LogP contribution >= 0.6 is 0 Å². The maximum Gasteiger partial charge on any atom is 0.404 e. The normalized spacial score (nSPS) is 10.4. The quantitative estimate of drug-likeness (QED) is 0.610. The van der Waals surface area contributed by atoms with Crippen LogP contribution in [0.4, 0.5) is 9.18 Å². The SMILES string of the molecule is COc1cc(CCNC(=O)O)c(OC)cc1CCCCCCF. The summed E-state index contributed by atoms with van der Waals surface area (Å²) in [6.45, 7) is 0.0631. The molecule has 1 rings (SSSR count). The lowest BCUT2D eigenvalue weighted by molar-refractivity contribution is 0.194. The minimum absolute atomic E-state index is 0.254. The minimum Gasteiger partial charge on any atom is -0.496 e. The first-order valence-electron chi connectivity index (χ1n) is 7.89. The van der Waals surface area contributed by atoms with Gasteiger partial charge in [0.15, 0.2) is 0 Å². The zero-order valence-electron chi connectivity index (χ0n) is 13.9. The van der Waals surface area contributed by atoms with E-state index in [-0.39, 0.29) is 6.67 Å². The lowest BCUT2D eigenvalue weighted by atomic mass is 10.0. The highest BCUT2D eigenvalue weighted by Gasteiger charge is 2.11. The number of ether oxygens (including phenoxy) is 2. The largest absolute Gasteiger partial charge is 0.496 e. The van der Waals surface area contributed by atoms with Gasteiger partial charge in [-0.25, -0.2) is 4.79 Å². The molecule has 0 aromatic heterocycles. The summed E-state index contributed by atoms with van der Waals surface area (Å²) >= 11 is 0. The number of aryl methyl sites for hydroxylation is 1. The summed E-state index contributed by atoms with van der Waals surface area (Å²) in [4.78, 5) is 10.5. The van der Waals surface area contributed by atoms with Gasteiger partial charge in [-0.3, -0.25) is 4.39 Å². The molecule has 0 atom stereocenters. The van der Waals surface area contributed by atoms with E-state index in [1.165, 1.54) is 0 Å². The van der Waals surface area contributed by atoms with Gasteiger partial charge >= 0.3 is 6.09 Å². The fourth-order valence-electron chi connectivity index (χ4n) is 2.48. The molecule has 0 bridgehead atoms. The third-order valence-corrected chi connectivity index (χ3v) is 3.68. The number of carbonyl (C=O) groups is 1. The summed E-state index contributed by atoms with van der Waals surface area (Å²) in [5.41, 5.74) is 1.96. The van der Waals surface area contributed by atoms with E-state index in [2.05, 4.69) is 5.32 Å². The van der Waals surface area contributed by atoms with Crippen molar-refractivity contribution in [1.82, 2.24) is 5.32 Å². The second-order valence-electron chi connectivity index (χ2n) is 5.31. The van der Waals surface area contributed by atoms with Crippen LogP contribution in [0.3, 0.4) is 0 Å². The molecule has 0 fully saturated rings. The molecule has 0 aliphatic rings. The Hall–Kier alpha value is -1.98. The number of halogens is 1. The number of amides is 1. The zero-order valence-corrected chi connectivity index (χ0v) is 13.9. The molecule has 1 aromatic rings. The summed E-state index contributed by atoms with van der Waals surface area (Å²) < 4.78 is 22.9. The summed E-state index contributed by atoms with van der Waals surface area (Å²) in [5.74, 6) is 1.51. The number of hydrogen-bond acceptors (Lipinski definition) is 3. The molecule has 0 heterocycles. The van der Waals surface area contributed by atoms with Crippen molar-refractivity contribution in [3.8, 4) is 11.5 Å². The number of nitrogens with one attached hydrogen (secondary N) is 1. The first-order chi connectivity index (χ1) is 11.1. The van der Waals surface area contributed by atoms with Gasteiger partial charge in [0.05, 0.1) is 20.9 Å². The van der Waals surface area contributed by atoms with E-state index in [1.54, 1.807) is 14.2 Å². The fourth-order valence-corrected chi connectivity index (χ4v) is 2.48. The molecule has 6 heteroatoms. The molecule has 0 aliphatic carbocycles. The second kappa shape index (κ2) is 10.7. The van der Waals surface area contributed by atoms with Crippen LogP contribution in [0.5, 0.6) is 11.5 Å². The van der Waals surface area contributed by atoms with Crippen LogP contribution in [0.15, 0.2) is 12.1 Å². The van der Waals surface area contributed by atoms with E-state index >= 15 is 0 Å². The Morgan fingerprint density at radius 1 is 1.04 bits per heavy atom. The van der Waals surface area contributed by atoms with E-state index in [9.17, 15) is 9.18 Å². The van der Waals surface area contributed by atoms with Gasteiger partial charge in [-0.15, -0.1) is 0 Å². The van der Waals surface area contributed by atoms with Gasteiger partial charge in [0.1, 0.15) is 11.5 Å². The summed E-state index contributed by atoms with van der Waals surface area (Å²) in [5, 5.41) is 11.0. The highest BCUT2D eigenvalue weighted by Crippen LogP contribution is 2.30. The minimum atomic E-state index is -1.04. The van der Waals surface area contributed by atoms with Crippen molar-refractivity contribution in [3.63, 3.8) is 0 Å². The van der Waals surface area contributed by atoms with Crippen molar-refractivity contribution in [2.24, 2.45) is 0 Å². The highest BCUT2D eigenvalue weighted by molar-refractivity contribution is 5.64. The van der Waals surface area contributed by atoms with E-state index in [0.29, 0.717) is 19.4 Å². The monoisotopic (exact) mass is 327 g/mol. The Kier molecular flexibility index (Phi) is 8.87. The van der Waals surface area contributed by atoms with Gasteiger partial charge < -0.3 is 19.9 Å². The van der Waals surface area contributed by atoms with Crippen LogP contribution in [0.1, 0.15) is 36.8 Å². The lowest BCUT2D eigenvalue weighted by Crippen LogP contribution is -2.23. The lowest BCUT2D eigenvalue weighted by Gasteiger charge is -2.15. The Morgan fingerprint density at radius 2 is 1.61 bits per heavy atom. The predicted molar refractivity (Wildman–Crippen MR) is 87.4 cm³/mol. The topological polar surface area (TPSA) is 67.8 Å². The molecule has 1 aromatic carbocycles. The van der Waals surface area contributed by atoms with Crippen molar-refractivity contribution < 1.29 is 23.8 Å². The summed E-state index contributed by atoms with van der Waals surface area (Å²) in [7, 11) is 3.22. The van der Waals surface area contributed by atoms with Gasteiger partial charge in [-0.1, -0.05) is 12.8 Å². The maximum absolute atomic E-state index is 12.1. The molecule has 0 saturated carbocycles. The Morgan fingerprint density at radius 3 is 2.13 bits per heavy atom. The first kappa shape index (κ1) is 19.1. The molecular formula is C17H26FNO4. The van der Waals surface area contributed by atoms with Crippen molar-refractivity contribution in [3.05, 3.63) is 23.3 Å². The standard InChI is InChI=1S/C17H26FNO4/c1-22-15-12-14(8-10-19-17(20)21)16(23-2)11-13(15)7-5-3-4-6-9-18/h11-12,19H,3-10H2,1-2H3,(H,20,21). The molecule has 5 nitrogen and oxygen atoms in total. The van der Waals surface area contributed by atoms with Gasteiger partial charge in [-0.2, -0.15) is 0 Å². The third kappa shape index (κ3) is 6.76. The highest BCUT2D eigenvalue weighted by atomic mass is 19.1. The molecule has 130 valence electrons. The molecule has 0 radical (unpaired) electrons. The van der Waals surface area contributed by atoms with E-state index in [4.69, 9.17) is 14.6 Å². The number of carboxylic acid groups (broad SMARTS) is 1. The van der Waals surface area contributed by atoms with Crippen LogP contribution in [0.25, 0.3) is 0 Å². The second-order valence-corrected chi connectivity index (χ2v) is 5.31. The average Bonchev–Trinajstić information content (AvgIpc) is 2.54. The molecule has 2 N–H and O–H groups in total. The van der Waals surface area contributed by atoms with Crippen LogP contribution < -0.4 is 14.8 Å². The summed E-state index contributed by atoms with van der Waals surface area (Å²) in [6, 6.07) is 3.85. The van der Waals surface area contributed by atoms with Gasteiger partial charge in [-0.05, 0) is 48.9 Å². The number of hydrogen-bond donors (Lipinski definition) is 2. The van der Waals surface area contributed by atoms with Crippen LogP contribution in [-0.2, 0) is 12.8 Å². The van der Waals surface area contributed by atoms with E-state index < -0.39 is 6.09 Å². The first-order valence-corrected chi connectivity index (χ1v) is 7.89. The molecule has 0 saturated heterocycles.